The van der Waals surface area contributed by atoms with Gasteiger partial charge in [0, 0.05) is 12.1 Å². The summed E-state index contributed by atoms with van der Waals surface area (Å²) < 4.78 is 13.2. The van der Waals surface area contributed by atoms with Gasteiger partial charge in [0.25, 0.3) is 0 Å². The molecule has 0 saturated carbocycles. The summed E-state index contributed by atoms with van der Waals surface area (Å²) in [6.45, 7) is 8.26. The first-order chi connectivity index (χ1) is 8.03. The lowest BCUT2D eigenvalue weighted by Crippen LogP contribution is -2.36. The maximum absolute atomic E-state index is 13.2. The van der Waals surface area contributed by atoms with Crippen molar-refractivity contribution in [3.05, 3.63) is 48.3 Å². The van der Waals surface area contributed by atoms with Gasteiger partial charge in [0.1, 0.15) is 5.82 Å². The van der Waals surface area contributed by atoms with Crippen LogP contribution in [-0.4, -0.2) is 6.04 Å². The van der Waals surface area contributed by atoms with E-state index in [4.69, 9.17) is 0 Å². The highest BCUT2D eigenvalue weighted by molar-refractivity contribution is 5.22. The monoisotopic (exact) mass is 233 g/mol. The predicted molar refractivity (Wildman–Crippen MR) is 69.3 cm³/mol. The number of benzene rings is 1. The molecule has 0 amide bonds. The van der Waals surface area contributed by atoms with Crippen molar-refractivity contribution in [1.82, 2.24) is 5.32 Å². The van der Waals surface area contributed by atoms with Crippen molar-refractivity contribution in [1.29, 1.82) is 0 Å². The van der Waals surface area contributed by atoms with Crippen molar-refractivity contribution in [2.24, 2.45) is 5.41 Å². The van der Waals surface area contributed by atoms with Crippen LogP contribution >= 0.6 is 0 Å². The molecule has 1 aliphatic rings. The van der Waals surface area contributed by atoms with Crippen LogP contribution in [0.4, 0.5) is 4.39 Å². The molecule has 1 fully saturated rings. The van der Waals surface area contributed by atoms with Crippen LogP contribution in [0.2, 0.25) is 0 Å². The minimum atomic E-state index is -0.157. The standard InChI is InChI=1S/C15H20FN/c1-4-15(2,3)14-9-8-13(17-14)11-6-5-7-12(16)10-11/h4-7,10,13-14,17H,1,8-9H2,2-3H3/t13-,14+/m0/s1. The topological polar surface area (TPSA) is 12.0 Å². The molecule has 1 nitrogen and oxygen atoms in total. The van der Waals surface area contributed by atoms with E-state index in [-0.39, 0.29) is 17.3 Å². The highest BCUT2D eigenvalue weighted by Crippen LogP contribution is 2.35. The lowest BCUT2D eigenvalue weighted by molar-refractivity contribution is 0.332. The van der Waals surface area contributed by atoms with Crippen molar-refractivity contribution < 1.29 is 4.39 Å². The molecule has 1 aliphatic heterocycles. The van der Waals surface area contributed by atoms with Crippen molar-refractivity contribution in [2.45, 2.75) is 38.8 Å². The zero-order valence-corrected chi connectivity index (χ0v) is 10.5. The fourth-order valence-corrected chi connectivity index (χ4v) is 2.46. The van der Waals surface area contributed by atoms with Gasteiger partial charge in [0.2, 0.25) is 0 Å². The van der Waals surface area contributed by atoms with Gasteiger partial charge in [-0.2, -0.15) is 0 Å². The van der Waals surface area contributed by atoms with Gasteiger partial charge in [0.05, 0.1) is 0 Å². The van der Waals surface area contributed by atoms with Crippen LogP contribution in [0.3, 0.4) is 0 Å². The fourth-order valence-electron chi connectivity index (χ4n) is 2.46. The van der Waals surface area contributed by atoms with E-state index in [2.05, 4.69) is 25.7 Å². The van der Waals surface area contributed by atoms with Crippen LogP contribution < -0.4 is 5.32 Å². The van der Waals surface area contributed by atoms with E-state index >= 15 is 0 Å². The number of hydrogen-bond acceptors (Lipinski definition) is 1. The largest absolute Gasteiger partial charge is 0.306 e. The average Bonchev–Trinajstić information content (AvgIpc) is 2.79. The summed E-state index contributed by atoms with van der Waals surface area (Å²) in [4.78, 5) is 0. The molecule has 1 N–H and O–H groups in total. The Labute approximate surface area is 103 Å². The maximum Gasteiger partial charge on any atom is 0.123 e. The Kier molecular flexibility index (Phi) is 3.34. The van der Waals surface area contributed by atoms with Crippen LogP contribution in [0.5, 0.6) is 0 Å². The van der Waals surface area contributed by atoms with Gasteiger partial charge in [0.15, 0.2) is 0 Å². The molecule has 17 heavy (non-hydrogen) atoms. The molecule has 1 aromatic carbocycles. The van der Waals surface area contributed by atoms with Crippen molar-refractivity contribution in [3.63, 3.8) is 0 Å². The van der Waals surface area contributed by atoms with E-state index in [1.807, 2.05) is 12.1 Å². The van der Waals surface area contributed by atoms with Gasteiger partial charge >= 0.3 is 0 Å². The Balaban J connectivity index is 2.10. The van der Waals surface area contributed by atoms with Crippen LogP contribution in [0.1, 0.15) is 38.3 Å². The number of halogens is 1. The predicted octanol–water partition coefficient (Wildman–Crippen LogP) is 3.83. The highest BCUT2D eigenvalue weighted by atomic mass is 19.1. The minimum absolute atomic E-state index is 0.0854. The van der Waals surface area contributed by atoms with Crippen molar-refractivity contribution in [3.8, 4) is 0 Å². The van der Waals surface area contributed by atoms with Crippen LogP contribution in [0.15, 0.2) is 36.9 Å². The van der Waals surface area contributed by atoms with Crippen LogP contribution in [-0.2, 0) is 0 Å². The molecule has 2 rings (SSSR count). The lowest BCUT2D eigenvalue weighted by Gasteiger charge is -2.29. The van der Waals surface area contributed by atoms with Crippen molar-refractivity contribution >= 4 is 0 Å². The molecule has 0 aliphatic carbocycles. The number of hydrogen-bond donors (Lipinski definition) is 1. The maximum atomic E-state index is 13.2. The summed E-state index contributed by atoms with van der Waals surface area (Å²) in [5.74, 6) is -0.157. The Morgan fingerprint density at radius 3 is 2.82 bits per heavy atom. The molecule has 0 spiro atoms. The third-order valence-electron chi connectivity index (χ3n) is 3.82. The number of nitrogens with one attached hydrogen (secondary N) is 1. The van der Waals surface area contributed by atoms with E-state index in [9.17, 15) is 4.39 Å². The molecule has 0 radical (unpaired) electrons. The molecule has 0 bridgehead atoms. The summed E-state index contributed by atoms with van der Waals surface area (Å²) in [6, 6.07) is 7.58. The number of rotatable bonds is 3. The first-order valence-electron chi connectivity index (χ1n) is 6.18. The smallest absolute Gasteiger partial charge is 0.123 e. The summed E-state index contributed by atoms with van der Waals surface area (Å²) in [5.41, 5.74) is 1.13. The van der Waals surface area contributed by atoms with E-state index in [1.165, 1.54) is 6.07 Å². The minimum Gasteiger partial charge on any atom is -0.306 e. The third-order valence-corrected chi connectivity index (χ3v) is 3.82. The van der Waals surface area contributed by atoms with Gasteiger partial charge in [-0.05, 0) is 36.0 Å². The Morgan fingerprint density at radius 1 is 1.41 bits per heavy atom. The lowest BCUT2D eigenvalue weighted by atomic mass is 9.84. The molecule has 1 aromatic rings. The quantitative estimate of drug-likeness (QED) is 0.782. The third kappa shape index (κ3) is 2.58. The molecule has 92 valence electrons. The second-order valence-electron chi connectivity index (χ2n) is 5.43. The van der Waals surface area contributed by atoms with Gasteiger partial charge in [-0.15, -0.1) is 6.58 Å². The summed E-state index contributed by atoms with van der Waals surface area (Å²) in [5, 5.41) is 3.59. The highest BCUT2D eigenvalue weighted by Gasteiger charge is 2.33. The first kappa shape index (κ1) is 12.3. The van der Waals surface area contributed by atoms with Crippen LogP contribution in [0, 0.1) is 11.2 Å². The molecule has 0 aromatic heterocycles. The fraction of sp³-hybridized carbons (Fsp3) is 0.467. The SMILES string of the molecule is C=CC(C)(C)[C@H]1CC[C@@H](c2cccc(F)c2)N1. The molecule has 1 heterocycles. The zero-order chi connectivity index (χ0) is 12.5. The van der Waals surface area contributed by atoms with Crippen LogP contribution in [0.25, 0.3) is 0 Å². The van der Waals surface area contributed by atoms with E-state index in [0.717, 1.165) is 18.4 Å². The van der Waals surface area contributed by atoms with E-state index < -0.39 is 0 Å². The second-order valence-corrected chi connectivity index (χ2v) is 5.43. The Bertz CT molecular complexity index is 411. The zero-order valence-electron chi connectivity index (χ0n) is 10.5. The second kappa shape index (κ2) is 4.61. The molecule has 0 unspecified atom stereocenters. The Hall–Kier alpha value is -1.15. The molecular weight excluding hydrogens is 213 g/mol. The summed E-state index contributed by atoms with van der Waals surface area (Å²) >= 11 is 0. The van der Waals surface area contributed by atoms with Gasteiger partial charge < -0.3 is 5.32 Å². The van der Waals surface area contributed by atoms with Gasteiger partial charge in [-0.3, -0.25) is 0 Å². The van der Waals surface area contributed by atoms with E-state index in [1.54, 1.807) is 12.1 Å². The summed E-state index contributed by atoms with van der Waals surface area (Å²) in [6.07, 6.45) is 4.17. The first-order valence-corrected chi connectivity index (χ1v) is 6.18. The summed E-state index contributed by atoms with van der Waals surface area (Å²) in [7, 11) is 0. The average molecular weight is 233 g/mol. The van der Waals surface area contributed by atoms with E-state index in [0.29, 0.717) is 6.04 Å². The normalized spacial score (nSPS) is 24.9. The van der Waals surface area contributed by atoms with Crippen molar-refractivity contribution in [2.75, 3.05) is 0 Å². The molecule has 1 saturated heterocycles. The Morgan fingerprint density at radius 2 is 2.18 bits per heavy atom. The van der Waals surface area contributed by atoms with Gasteiger partial charge in [-0.25, -0.2) is 4.39 Å². The molecule has 2 atom stereocenters. The molecular formula is C15H20FN. The molecule has 2 heteroatoms. The van der Waals surface area contributed by atoms with Gasteiger partial charge in [-0.1, -0.05) is 32.1 Å².